The third-order valence-electron chi connectivity index (χ3n) is 5.22. The van der Waals surface area contributed by atoms with Crippen LogP contribution in [0.1, 0.15) is 23.7 Å². The van der Waals surface area contributed by atoms with Gasteiger partial charge in [0.25, 0.3) is 5.56 Å². The molecule has 9 heteroatoms. The van der Waals surface area contributed by atoms with Gasteiger partial charge in [-0.05, 0) is 44.9 Å². The zero-order valence-electron chi connectivity index (χ0n) is 17.6. The Kier molecular flexibility index (Phi) is 4.60. The second-order valence-corrected chi connectivity index (χ2v) is 7.39. The number of imidazole rings is 2. The zero-order valence-corrected chi connectivity index (χ0v) is 17.6. The van der Waals surface area contributed by atoms with Gasteiger partial charge < -0.3 is 4.74 Å². The van der Waals surface area contributed by atoms with E-state index in [0.717, 1.165) is 27.1 Å². The number of benzene rings is 1. The number of aromatic nitrogens is 5. The molecule has 0 aliphatic carbocycles. The highest BCUT2D eigenvalue weighted by Crippen LogP contribution is 2.24. The van der Waals surface area contributed by atoms with Gasteiger partial charge in [0.05, 0.1) is 12.3 Å². The number of ether oxygens (including phenoxy) is 1. The van der Waals surface area contributed by atoms with Crippen molar-refractivity contribution in [1.29, 1.82) is 0 Å². The minimum atomic E-state index is -0.638. The molecule has 4 rings (SSSR count). The first kappa shape index (κ1) is 19.7. The van der Waals surface area contributed by atoms with Gasteiger partial charge in [-0.1, -0.05) is 12.1 Å². The van der Waals surface area contributed by atoms with Crippen molar-refractivity contribution in [2.45, 2.75) is 34.2 Å². The second-order valence-electron chi connectivity index (χ2n) is 7.39. The summed E-state index contributed by atoms with van der Waals surface area (Å²) >= 11 is 0. The van der Waals surface area contributed by atoms with E-state index < -0.39 is 23.8 Å². The Morgan fingerprint density at radius 3 is 2.60 bits per heavy atom. The van der Waals surface area contributed by atoms with Crippen molar-refractivity contribution in [1.82, 2.24) is 23.1 Å². The standard InChI is InChI=1S/C21H23N5O4/c1-6-30-16(27)11-25-19(28)17-18(23(5)21(25)29)22-20-24(17)10-14(4)26(20)15-9-12(2)7-8-13(15)3/h7-10H,6,11H2,1-5H3. The molecule has 0 amide bonds. The van der Waals surface area contributed by atoms with E-state index in [4.69, 9.17) is 4.74 Å². The Balaban J connectivity index is 2.06. The highest BCUT2D eigenvalue weighted by atomic mass is 16.5. The SMILES string of the molecule is CCOC(=O)Cn1c(=O)c2c(nc3n(-c4cc(C)ccc4C)c(C)cn23)n(C)c1=O. The van der Waals surface area contributed by atoms with E-state index in [2.05, 4.69) is 11.1 Å². The van der Waals surface area contributed by atoms with Crippen LogP contribution in [0.4, 0.5) is 0 Å². The molecule has 1 aromatic carbocycles. The van der Waals surface area contributed by atoms with Crippen molar-refractivity contribution >= 4 is 22.9 Å². The fraction of sp³-hybridized carbons (Fsp3) is 0.333. The molecule has 156 valence electrons. The van der Waals surface area contributed by atoms with Crippen LogP contribution in [0.15, 0.2) is 34.0 Å². The third kappa shape index (κ3) is 2.85. The van der Waals surface area contributed by atoms with Gasteiger partial charge in [0.15, 0.2) is 11.2 Å². The monoisotopic (exact) mass is 409 g/mol. The first-order valence-electron chi connectivity index (χ1n) is 9.67. The first-order valence-corrected chi connectivity index (χ1v) is 9.67. The number of carbonyl (C=O) groups excluding carboxylic acids is 1. The molecule has 0 bridgehead atoms. The Morgan fingerprint density at radius 1 is 1.17 bits per heavy atom. The maximum atomic E-state index is 13.2. The lowest BCUT2D eigenvalue weighted by Gasteiger charge is -2.10. The van der Waals surface area contributed by atoms with E-state index >= 15 is 0 Å². The van der Waals surface area contributed by atoms with Crippen LogP contribution in [-0.2, 0) is 23.1 Å². The lowest BCUT2D eigenvalue weighted by Crippen LogP contribution is -2.41. The molecule has 0 radical (unpaired) electrons. The quantitative estimate of drug-likeness (QED) is 0.478. The molecule has 3 heterocycles. The van der Waals surface area contributed by atoms with Crippen LogP contribution in [-0.4, -0.2) is 35.7 Å². The van der Waals surface area contributed by atoms with E-state index in [0.29, 0.717) is 5.78 Å². The minimum Gasteiger partial charge on any atom is -0.465 e. The molecule has 0 aliphatic rings. The van der Waals surface area contributed by atoms with Crippen LogP contribution >= 0.6 is 0 Å². The molecule has 0 atom stereocenters. The van der Waals surface area contributed by atoms with Gasteiger partial charge in [-0.3, -0.25) is 23.1 Å². The predicted octanol–water partition coefficient (Wildman–Crippen LogP) is 1.63. The highest BCUT2D eigenvalue weighted by Gasteiger charge is 2.22. The highest BCUT2D eigenvalue weighted by molar-refractivity contribution is 5.77. The number of hydrogen-bond donors (Lipinski definition) is 0. The van der Waals surface area contributed by atoms with E-state index in [9.17, 15) is 14.4 Å². The molecule has 0 spiro atoms. The van der Waals surface area contributed by atoms with Crippen LogP contribution in [0, 0.1) is 20.8 Å². The van der Waals surface area contributed by atoms with E-state index in [1.807, 2.05) is 43.7 Å². The lowest BCUT2D eigenvalue weighted by atomic mass is 10.1. The normalized spacial score (nSPS) is 11.5. The van der Waals surface area contributed by atoms with Crippen LogP contribution < -0.4 is 11.2 Å². The molecule has 9 nitrogen and oxygen atoms in total. The molecule has 30 heavy (non-hydrogen) atoms. The van der Waals surface area contributed by atoms with Crippen LogP contribution in [0.5, 0.6) is 0 Å². The topological polar surface area (TPSA) is 92.5 Å². The summed E-state index contributed by atoms with van der Waals surface area (Å²) in [5, 5.41) is 0. The van der Waals surface area contributed by atoms with E-state index in [1.54, 1.807) is 11.3 Å². The summed E-state index contributed by atoms with van der Waals surface area (Å²) in [5.41, 5.74) is 3.31. The van der Waals surface area contributed by atoms with Gasteiger partial charge >= 0.3 is 11.7 Å². The number of hydrogen-bond acceptors (Lipinski definition) is 5. The Hall–Kier alpha value is -3.62. The smallest absolute Gasteiger partial charge is 0.333 e. The largest absolute Gasteiger partial charge is 0.465 e. The molecular weight excluding hydrogens is 386 g/mol. The van der Waals surface area contributed by atoms with Crippen molar-refractivity contribution in [2.75, 3.05) is 6.61 Å². The van der Waals surface area contributed by atoms with Gasteiger partial charge in [0.2, 0.25) is 5.78 Å². The Labute approximate surface area is 171 Å². The average molecular weight is 409 g/mol. The fourth-order valence-corrected chi connectivity index (χ4v) is 3.74. The number of rotatable bonds is 4. The summed E-state index contributed by atoms with van der Waals surface area (Å²) in [5.74, 6) is -0.113. The molecule has 0 aliphatic heterocycles. The minimum absolute atomic E-state index is 0.172. The number of fused-ring (bicyclic) bond motifs is 3. The fourth-order valence-electron chi connectivity index (χ4n) is 3.74. The molecule has 4 aromatic rings. The summed E-state index contributed by atoms with van der Waals surface area (Å²) < 4.78 is 10.7. The van der Waals surface area contributed by atoms with Crippen molar-refractivity contribution in [2.24, 2.45) is 7.05 Å². The molecule has 0 saturated heterocycles. The van der Waals surface area contributed by atoms with Gasteiger partial charge in [-0.15, -0.1) is 0 Å². The Bertz CT molecular complexity index is 1430. The van der Waals surface area contributed by atoms with Crippen molar-refractivity contribution in [3.8, 4) is 5.69 Å². The van der Waals surface area contributed by atoms with Crippen molar-refractivity contribution in [3.05, 3.63) is 62.1 Å². The summed E-state index contributed by atoms with van der Waals surface area (Å²) in [6.07, 6.45) is 1.81. The summed E-state index contributed by atoms with van der Waals surface area (Å²) in [6, 6.07) is 6.12. The number of carbonyl (C=O) groups is 1. The third-order valence-corrected chi connectivity index (χ3v) is 5.22. The number of esters is 1. The summed E-state index contributed by atoms with van der Waals surface area (Å²) in [7, 11) is 1.54. The van der Waals surface area contributed by atoms with Gasteiger partial charge in [0, 0.05) is 18.9 Å². The predicted molar refractivity (Wildman–Crippen MR) is 112 cm³/mol. The van der Waals surface area contributed by atoms with Gasteiger partial charge in [0.1, 0.15) is 6.54 Å². The maximum absolute atomic E-state index is 13.2. The zero-order chi connectivity index (χ0) is 21.7. The van der Waals surface area contributed by atoms with E-state index in [1.165, 1.54) is 11.6 Å². The molecule has 0 saturated carbocycles. The summed E-state index contributed by atoms with van der Waals surface area (Å²) in [6.45, 7) is 7.35. The summed E-state index contributed by atoms with van der Waals surface area (Å²) in [4.78, 5) is 42.4. The lowest BCUT2D eigenvalue weighted by molar-refractivity contribution is -0.143. The molecule has 0 fully saturated rings. The molecule has 0 N–H and O–H groups in total. The first-order chi connectivity index (χ1) is 14.2. The average Bonchev–Trinajstić information content (AvgIpc) is 3.20. The second kappa shape index (κ2) is 7.01. The van der Waals surface area contributed by atoms with Gasteiger partial charge in [-0.2, -0.15) is 4.98 Å². The molecular formula is C21H23N5O4. The maximum Gasteiger partial charge on any atom is 0.333 e. The number of nitrogens with zero attached hydrogens (tertiary/aromatic N) is 5. The Morgan fingerprint density at radius 2 is 1.90 bits per heavy atom. The van der Waals surface area contributed by atoms with Crippen LogP contribution in [0.25, 0.3) is 22.6 Å². The van der Waals surface area contributed by atoms with Crippen LogP contribution in [0.2, 0.25) is 0 Å². The molecule has 0 unspecified atom stereocenters. The number of aryl methyl sites for hydroxylation is 4. The molecule has 3 aromatic heterocycles. The van der Waals surface area contributed by atoms with Crippen molar-refractivity contribution in [3.63, 3.8) is 0 Å². The van der Waals surface area contributed by atoms with Crippen LogP contribution in [0.3, 0.4) is 0 Å². The van der Waals surface area contributed by atoms with Gasteiger partial charge in [-0.25, -0.2) is 9.36 Å². The van der Waals surface area contributed by atoms with E-state index in [-0.39, 0.29) is 17.8 Å². The van der Waals surface area contributed by atoms with Crippen molar-refractivity contribution < 1.29 is 9.53 Å².